The number of fused-ring (bicyclic) bond motifs is 1. The maximum atomic E-state index is 4.87. The van der Waals surface area contributed by atoms with Crippen LogP contribution < -0.4 is 0 Å². The van der Waals surface area contributed by atoms with Gasteiger partial charge in [-0.15, -0.1) is 0 Å². The smallest absolute Gasteiger partial charge is 0.149 e. The van der Waals surface area contributed by atoms with Gasteiger partial charge in [-0.2, -0.15) is 0 Å². The summed E-state index contributed by atoms with van der Waals surface area (Å²) >= 11 is 0. The van der Waals surface area contributed by atoms with E-state index in [-0.39, 0.29) is 0 Å². The molecule has 0 bridgehead atoms. The molecule has 0 aliphatic heterocycles. The molecule has 0 amide bonds. The molecule has 1 aromatic heterocycles. The van der Waals surface area contributed by atoms with Gasteiger partial charge in [-0.25, -0.2) is 4.98 Å². The topological polar surface area (TPSA) is 41.0 Å². The summed E-state index contributed by atoms with van der Waals surface area (Å²) in [6.45, 7) is 5.13. The highest BCUT2D eigenvalue weighted by atomic mass is 14.9. The molecular formula is C24H23N3. The van der Waals surface area contributed by atoms with E-state index in [9.17, 15) is 0 Å². The van der Waals surface area contributed by atoms with Gasteiger partial charge >= 0.3 is 0 Å². The van der Waals surface area contributed by atoms with Crippen molar-refractivity contribution in [3.05, 3.63) is 78.6 Å². The van der Waals surface area contributed by atoms with E-state index in [2.05, 4.69) is 84.5 Å². The number of nitrogens with zero attached hydrogens (tertiary/aromatic N) is 2. The van der Waals surface area contributed by atoms with Gasteiger partial charge in [-0.3, -0.25) is 4.99 Å². The van der Waals surface area contributed by atoms with E-state index >= 15 is 0 Å². The minimum absolute atomic E-state index is 0.533. The number of aromatic amines is 1. The largest absolute Gasteiger partial charge is 0.337 e. The number of rotatable bonds is 5. The molecule has 0 saturated carbocycles. The number of nitrogens with one attached hydrogen (secondary N) is 1. The summed E-state index contributed by atoms with van der Waals surface area (Å²) in [5.41, 5.74) is 6.66. The van der Waals surface area contributed by atoms with Gasteiger partial charge in [-0.1, -0.05) is 86.6 Å². The highest BCUT2D eigenvalue weighted by Crippen LogP contribution is 2.34. The van der Waals surface area contributed by atoms with Gasteiger partial charge in [-0.05, 0) is 17.0 Å². The lowest BCUT2D eigenvalue weighted by Gasteiger charge is -2.07. The van der Waals surface area contributed by atoms with Crippen LogP contribution in [0.4, 0.5) is 0 Å². The van der Waals surface area contributed by atoms with Crippen LogP contribution in [-0.4, -0.2) is 22.7 Å². The number of hydrogen-bond acceptors (Lipinski definition) is 2. The van der Waals surface area contributed by atoms with Gasteiger partial charge in [0.1, 0.15) is 5.82 Å². The van der Waals surface area contributed by atoms with Crippen LogP contribution in [0, 0.1) is 5.92 Å². The van der Waals surface area contributed by atoms with Crippen LogP contribution in [0.25, 0.3) is 33.3 Å². The standard InChI is InChI=1S/C24H23N3/c1-17(2)15-25-16-22-26-23-20(18-9-5-3-6-10-18)13-14-21(24(23)27-22)19-11-7-4-8-12-19/h3-14,16-17H,15H2,1-2H3,(H,26,27)/b25-16+. The van der Waals surface area contributed by atoms with E-state index in [0.29, 0.717) is 5.92 Å². The second-order valence-corrected chi connectivity index (χ2v) is 7.13. The van der Waals surface area contributed by atoms with Crippen molar-refractivity contribution in [3.8, 4) is 22.3 Å². The molecule has 4 rings (SSSR count). The molecule has 134 valence electrons. The first-order chi connectivity index (χ1) is 13.2. The fourth-order valence-corrected chi connectivity index (χ4v) is 3.23. The van der Waals surface area contributed by atoms with Crippen molar-refractivity contribution in [3.63, 3.8) is 0 Å². The number of benzene rings is 3. The van der Waals surface area contributed by atoms with Crippen molar-refractivity contribution in [1.82, 2.24) is 9.97 Å². The summed E-state index contributed by atoms with van der Waals surface area (Å²) in [6, 6.07) is 25.2. The first kappa shape index (κ1) is 17.2. The van der Waals surface area contributed by atoms with E-state index in [0.717, 1.165) is 34.5 Å². The van der Waals surface area contributed by atoms with Crippen LogP contribution in [0.2, 0.25) is 0 Å². The molecule has 0 spiro atoms. The molecule has 0 atom stereocenters. The summed E-state index contributed by atoms with van der Waals surface area (Å²) in [5, 5.41) is 0. The quantitative estimate of drug-likeness (QED) is 0.441. The van der Waals surface area contributed by atoms with Crippen molar-refractivity contribution in [2.45, 2.75) is 13.8 Å². The van der Waals surface area contributed by atoms with Crippen LogP contribution in [0.5, 0.6) is 0 Å². The molecule has 27 heavy (non-hydrogen) atoms. The average molecular weight is 353 g/mol. The molecule has 0 unspecified atom stereocenters. The Morgan fingerprint density at radius 1 is 0.852 bits per heavy atom. The lowest BCUT2D eigenvalue weighted by atomic mass is 9.98. The Balaban J connectivity index is 1.88. The molecule has 0 aliphatic rings. The number of H-pyrrole nitrogens is 1. The minimum Gasteiger partial charge on any atom is -0.337 e. The number of hydrogen-bond donors (Lipinski definition) is 1. The SMILES string of the molecule is CC(C)C/N=C/c1nc2c(-c3ccccc3)ccc(-c3ccccc3)c2[nH]1. The average Bonchev–Trinajstić information content (AvgIpc) is 3.12. The van der Waals surface area contributed by atoms with E-state index in [1.807, 2.05) is 18.3 Å². The fraction of sp³-hybridized carbons (Fsp3) is 0.167. The van der Waals surface area contributed by atoms with Crippen LogP contribution in [0.1, 0.15) is 19.7 Å². The van der Waals surface area contributed by atoms with Crippen LogP contribution in [0.3, 0.4) is 0 Å². The predicted octanol–water partition coefficient (Wildman–Crippen LogP) is 5.97. The summed E-state index contributed by atoms with van der Waals surface area (Å²) in [6.07, 6.45) is 1.85. The van der Waals surface area contributed by atoms with E-state index < -0.39 is 0 Å². The molecule has 0 fully saturated rings. The summed E-state index contributed by atoms with van der Waals surface area (Å²) in [4.78, 5) is 12.9. The Kier molecular flexibility index (Phi) is 4.84. The Bertz CT molecular complexity index is 984. The van der Waals surface area contributed by atoms with Crippen molar-refractivity contribution in [2.24, 2.45) is 10.9 Å². The number of aliphatic imine (C=N–C) groups is 1. The first-order valence-corrected chi connectivity index (χ1v) is 9.36. The third-order valence-electron chi connectivity index (χ3n) is 4.52. The zero-order valence-corrected chi connectivity index (χ0v) is 15.7. The summed E-state index contributed by atoms with van der Waals surface area (Å²) in [5.74, 6) is 1.33. The Hall–Kier alpha value is -3.20. The van der Waals surface area contributed by atoms with E-state index in [1.54, 1.807) is 0 Å². The van der Waals surface area contributed by atoms with Crippen LogP contribution >= 0.6 is 0 Å². The molecule has 0 aliphatic carbocycles. The minimum atomic E-state index is 0.533. The molecule has 0 saturated heterocycles. The first-order valence-electron chi connectivity index (χ1n) is 9.36. The second-order valence-electron chi connectivity index (χ2n) is 7.13. The van der Waals surface area contributed by atoms with Crippen LogP contribution in [-0.2, 0) is 0 Å². The lowest BCUT2D eigenvalue weighted by Crippen LogP contribution is -1.93. The second kappa shape index (κ2) is 7.58. The normalized spacial score (nSPS) is 11.7. The third kappa shape index (κ3) is 3.68. The van der Waals surface area contributed by atoms with Gasteiger partial charge in [0.2, 0.25) is 0 Å². The van der Waals surface area contributed by atoms with E-state index in [4.69, 9.17) is 4.98 Å². The molecule has 1 heterocycles. The van der Waals surface area contributed by atoms with Gasteiger partial charge < -0.3 is 4.98 Å². The van der Waals surface area contributed by atoms with E-state index in [1.165, 1.54) is 11.1 Å². The lowest BCUT2D eigenvalue weighted by molar-refractivity contribution is 0.667. The summed E-state index contributed by atoms with van der Waals surface area (Å²) < 4.78 is 0. The monoisotopic (exact) mass is 353 g/mol. The zero-order valence-electron chi connectivity index (χ0n) is 15.7. The number of aromatic nitrogens is 2. The van der Waals surface area contributed by atoms with Crippen molar-refractivity contribution in [1.29, 1.82) is 0 Å². The predicted molar refractivity (Wildman–Crippen MR) is 114 cm³/mol. The molecule has 4 aromatic rings. The molecule has 3 aromatic carbocycles. The number of imidazole rings is 1. The van der Waals surface area contributed by atoms with Crippen molar-refractivity contribution >= 4 is 17.2 Å². The fourth-order valence-electron chi connectivity index (χ4n) is 3.23. The highest BCUT2D eigenvalue weighted by molar-refractivity contribution is 6.02. The molecule has 3 heteroatoms. The highest BCUT2D eigenvalue weighted by Gasteiger charge is 2.13. The van der Waals surface area contributed by atoms with Gasteiger partial charge in [0.15, 0.2) is 0 Å². The molecule has 3 nitrogen and oxygen atoms in total. The van der Waals surface area contributed by atoms with Crippen molar-refractivity contribution in [2.75, 3.05) is 6.54 Å². The van der Waals surface area contributed by atoms with Gasteiger partial charge in [0.25, 0.3) is 0 Å². The Morgan fingerprint density at radius 2 is 1.44 bits per heavy atom. The van der Waals surface area contributed by atoms with Gasteiger partial charge in [0.05, 0.1) is 17.2 Å². The van der Waals surface area contributed by atoms with Gasteiger partial charge in [0, 0.05) is 17.7 Å². The van der Waals surface area contributed by atoms with Crippen molar-refractivity contribution < 1.29 is 0 Å². The van der Waals surface area contributed by atoms with Crippen LogP contribution in [0.15, 0.2) is 77.8 Å². The molecule has 1 N–H and O–H groups in total. The molecular weight excluding hydrogens is 330 g/mol. The Labute approximate surface area is 159 Å². The summed E-state index contributed by atoms with van der Waals surface area (Å²) in [7, 11) is 0. The zero-order chi connectivity index (χ0) is 18.6. The Morgan fingerprint density at radius 3 is 2.07 bits per heavy atom. The maximum Gasteiger partial charge on any atom is 0.149 e. The molecule has 0 radical (unpaired) electrons. The maximum absolute atomic E-state index is 4.87. The third-order valence-corrected chi connectivity index (χ3v) is 4.52.